The van der Waals surface area contributed by atoms with Crippen LogP contribution < -0.4 is 0 Å². The number of carbonyl (C=O) groups excluding carboxylic acids is 1. The zero-order valence-corrected chi connectivity index (χ0v) is 13.6. The highest BCUT2D eigenvalue weighted by Crippen LogP contribution is 2.31. The van der Waals surface area contributed by atoms with Crippen LogP contribution in [0.25, 0.3) is 0 Å². The number of aromatic hydroxyl groups is 1. The van der Waals surface area contributed by atoms with E-state index in [1.807, 2.05) is 6.92 Å². The lowest BCUT2D eigenvalue weighted by atomic mass is 9.79. The molecule has 1 aromatic rings. The quantitative estimate of drug-likeness (QED) is 0.865. The third kappa shape index (κ3) is 4.20. The Bertz CT molecular complexity index is 566. The summed E-state index contributed by atoms with van der Waals surface area (Å²) in [7, 11) is 1.60. The standard InChI is InChI=1S/C17H24FNO4/c1-12-11-19(7-5-17(12,22)6-8-23-2)16(21)10-13-3-4-15(20)14(18)9-13/h3-4,9,12,20,22H,5-8,10-11H2,1-2H3/t12-,17-/m0/s1. The molecule has 2 atom stereocenters. The molecule has 128 valence electrons. The number of ether oxygens (including phenoxy) is 1. The van der Waals surface area contributed by atoms with Crippen molar-refractivity contribution < 1.29 is 24.1 Å². The fraction of sp³-hybridized carbons (Fsp3) is 0.588. The first-order valence-electron chi connectivity index (χ1n) is 7.82. The Labute approximate surface area is 135 Å². The molecule has 0 aliphatic carbocycles. The maximum absolute atomic E-state index is 13.3. The van der Waals surface area contributed by atoms with Crippen molar-refractivity contribution in [3.05, 3.63) is 29.6 Å². The summed E-state index contributed by atoms with van der Waals surface area (Å²) in [5.41, 5.74) is -0.282. The molecule has 0 radical (unpaired) electrons. The average molecular weight is 325 g/mol. The van der Waals surface area contributed by atoms with E-state index in [1.165, 1.54) is 12.1 Å². The number of nitrogens with zero attached hydrogens (tertiary/aromatic N) is 1. The topological polar surface area (TPSA) is 70.0 Å². The number of rotatable bonds is 5. The number of amides is 1. The second-order valence-electron chi connectivity index (χ2n) is 6.30. The van der Waals surface area contributed by atoms with Gasteiger partial charge in [-0.25, -0.2) is 4.39 Å². The molecule has 1 amide bonds. The van der Waals surface area contributed by atoms with Crippen molar-refractivity contribution in [3.8, 4) is 5.75 Å². The molecule has 0 saturated carbocycles. The molecule has 0 spiro atoms. The Balaban J connectivity index is 1.95. The van der Waals surface area contributed by atoms with Gasteiger partial charge in [-0.15, -0.1) is 0 Å². The minimum absolute atomic E-state index is 0.0492. The van der Waals surface area contributed by atoms with Crippen molar-refractivity contribution in [2.45, 2.75) is 31.8 Å². The van der Waals surface area contributed by atoms with Gasteiger partial charge in [0.2, 0.25) is 5.91 Å². The number of hydrogen-bond acceptors (Lipinski definition) is 4. The van der Waals surface area contributed by atoms with Crippen molar-refractivity contribution in [2.24, 2.45) is 5.92 Å². The predicted molar refractivity (Wildman–Crippen MR) is 83.6 cm³/mol. The van der Waals surface area contributed by atoms with Crippen LogP contribution in [0.15, 0.2) is 18.2 Å². The number of phenolic OH excluding ortho intramolecular Hbond substituents is 1. The summed E-state index contributed by atoms with van der Waals surface area (Å²) in [4.78, 5) is 14.1. The van der Waals surface area contributed by atoms with E-state index in [9.17, 15) is 19.4 Å². The van der Waals surface area contributed by atoms with E-state index in [0.29, 0.717) is 38.1 Å². The van der Waals surface area contributed by atoms with Gasteiger partial charge in [-0.3, -0.25) is 4.79 Å². The number of benzene rings is 1. The van der Waals surface area contributed by atoms with Crippen LogP contribution in [0.1, 0.15) is 25.3 Å². The van der Waals surface area contributed by atoms with Gasteiger partial charge in [0.05, 0.1) is 12.0 Å². The molecule has 2 N–H and O–H groups in total. The van der Waals surface area contributed by atoms with Gasteiger partial charge in [-0.2, -0.15) is 0 Å². The molecule has 0 aromatic heterocycles. The molecule has 0 bridgehead atoms. The Morgan fingerprint density at radius 1 is 1.52 bits per heavy atom. The number of hydrogen-bond donors (Lipinski definition) is 2. The zero-order valence-electron chi connectivity index (χ0n) is 13.6. The molecule has 1 aliphatic rings. The van der Waals surface area contributed by atoms with Crippen LogP contribution >= 0.6 is 0 Å². The second-order valence-corrected chi connectivity index (χ2v) is 6.30. The Hall–Kier alpha value is -1.66. The Kier molecular flexibility index (Phi) is 5.59. The first-order valence-corrected chi connectivity index (χ1v) is 7.82. The monoisotopic (exact) mass is 325 g/mol. The average Bonchev–Trinajstić information content (AvgIpc) is 2.52. The maximum Gasteiger partial charge on any atom is 0.227 e. The number of piperidine rings is 1. The van der Waals surface area contributed by atoms with Crippen LogP contribution in [-0.4, -0.2) is 53.4 Å². The van der Waals surface area contributed by atoms with Gasteiger partial charge >= 0.3 is 0 Å². The number of carbonyl (C=O) groups is 1. The van der Waals surface area contributed by atoms with E-state index < -0.39 is 17.2 Å². The van der Waals surface area contributed by atoms with E-state index in [2.05, 4.69) is 0 Å². The van der Waals surface area contributed by atoms with Gasteiger partial charge in [0, 0.05) is 32.7 Å². The van der Waals surface area contributed by atoms with E-state index >= 15 is 0 Å². The summed E-state index contributed by atoms with van der Waals surface area (Å²) in [5, 5.41) is 19.8. The normalized spacial score (nSPS) is 24.7. The highest BCUT2D eigenvalue weighted by Gasteiger charge is 2.39. The molecule has 1 aromatic carbocycles. The van der Waals surface area contributed by atoms with Crippen LogP contribution in [0.5, 0.6) is 5.75 Å². The van der Waals surface area contributed by atoms with E-state index in [0.717, 1.165) is 0 Å². The van der Waals surface area contributed by atoms with Gasteiger partial charge in [0.25, 0.3) is 0 Å². The number of phenols is 1. The largest absolute Gasteiger partial charge is 0.505 e. The summed E-state index contributed by atoms with van der Waals surface area (Å²) < 4.78 is 18.4. The van der Waals surface area contributed by atoms with Crippen molar-refractivity contribution in [2.75, 3.05) is 26.8 Å². The summed E-state index contributed by atoms with van der Waals surface area (Å²) >= 11 is 0. The summed E-state index contributed by atoms with van der Waals surface area (Å²) in [6.45, 7) is 3.36. The third-order valence-electron chi connectivity index (χ3n) is 4.69. The van der Waals surface area contributed by atoms with Crippen LogP contribution in [0.3, 0.4) is 0 Å². The second kappa shape index (κ2) is 7.27. The third-order valence-corrected chi connectivity index (χ3v) is 4.69. The van der Waals surface area contributed by atoms with E-state index in [1.54, 1.807) is 18.1 Å². The van der Waals surface area contributed by atoms with Crippen LogP contribution in [0, 0.1) is 11.7 Å². The van der Waals surface area contributed by atoms with Crippen molar-refractivity contribution in [3.63, 3.8) is 0 Å². The molecule has 23 heavy (non-hydrogen) atoms. The minimum atomic E-state index is -0.808. The Morgan fingerprint density at radius 2 is 2.26 bits per heavy atom. The maximum atomic E-state index is 13.3. The predicted octanol–water partition coefficient (Wildman–Crippen LogP) is 1.71. The van der Waals surface area contributed by atoms with Gasteiger partial charge in [-0.1, -0.05) is 13.0 Å². The minimum Gasteiger partial charge on any atom is -0.505 e. The van der Waals surface area contributed by atoms with Crippen molar-refractivity contribution in [1.29, 1.82) is 0 Å². The number of likely N-dealkylation sites (tertiary alicyclic amines) is 1. The molecule has 1 saturated heterocycles. The van der Waals surface area contributed by atoms with Gasteiger partial charge in [0.15, 0.2) is 11.6 Å². The molecule has 1 heterocycles. The van der Waals surface area contributed by atoms with Crippen molar-refractivity contribution in [1.82, 2.24) is 4.90 Å². The number of halogens is 1. The first kappa shape index (κ1) is 17.7. The molecular weight excluding hydrogens is 301 g/mol. The molecule has 1 fully saturated rings. The fourth-order valence-electron chi connectivity index (χ4n) is 2.99. The summed E-state index contributed by atoms with van der Waals surface area (Å²) in [6.07, 6.45) is 1.14. The lowest BCUT2D eigenvalue weighted by Crippen LogP contribution is -2.53. The van der Waals surface area contributed by atoms with E-state index in [4.69, 9.17) is 4.74 Å². The lowest BCUT2D eigenvalue weighted by Gasteiger charge is -2.43. The molecule has 1 aliphatic heterocycles. The molecule has 5 nitrogen and oxygen atoms in total. The number of methoxy groups -OCH3 is 1. The van der Waals surface area contributed by atoms with Crippen molar-refractivity contribution >= 4 is 5.91 Å². The molecule has 0 unspecified atom stereocenters. The van der Waals surface area contributed by atoms with Gasteiger partial charge in [0.1, 0.15) is 0 Å². The zero-order chi connectivity index (χ0) is 17.0. The fourth-order valence-corrected chi connectivity index (χ4v) is 2.99. The molecule has 2 rings (SSSR count). The highest BCUT2D eigenvalue weighted by molar-refractivity contribution is 5.79. The van der Waals surface area contributed by atoms with Gasteiger partial charge in [-0.05, 0) is 30.5 Å². The van der Waals surface area contributed by atoms with Crippen LogP contribution in [0.4, 0.5) is 4.39 Å². The van der Waals surface area contributed by atoms with Crippen LogP contribution in [0.2, 0.25) is 0 Å². The van der Waals surface area contributed by atoms with E-state index in [-0.39, 0.29) is 18.2 Å². The summed E-state index contributed by atoms with van der Waals surface area (Å²) in [6, 6.07) is 3.97. The molecule has 6 heteroatoms. The first-order chi connectivity index (χ1) is 10.9. The number of aliphatic hydroxyl groups is 1. The van der Waals surface area contributed by atoms with Gasteiger partial charge < -0.3 is 19.8 Å². The SMILES string of the molecule is COCC[C@@]1(O)CCN(C(=O)Cc2ccc(O)c(F)c2)C[C@@H]1C. The lowest BCUT2D eigenvalue weighted by molar-refractivity contribution is -0.139. The van der Waals surface area contributed by atoms with Crippen LogP contribution in [-0.2, 0) is 16.0 Å². The highest BCUT2D eigenvalue weighted by atomic mass is 19.1. The smallest absolute Gasteiger partial charge is 0.227 e. The summed E-state index contributed by atoms with van der Waals surface area (Å²) in [5.74, 6) is -1.30. The Morgan fingerprint density at radius 3 is 2.87 bits per heavy atom. The molecular formula is C17H24FNO4.